The number of nitrogens with two attached hydrogens (primary N) is 1. The molecular weight excluding hydrogens is 240 g/mol. The van der Waals surface area contributed by atoms with Gasteiger partial charge >= 0.3 is 0 Å². The van der Waals surface area contributed by atoms with Gasteiger partial charge in [0.1, 0.15) is 0 Å². The van der Waals surface area contributed by atoms with Gasteiger partial charge in [-0.1, -0.05) is 31.4 Å². The fourth-order valence-corrected chi connectivity index (χ4v) is 4.00. The van der Waals surface area contributed by atoms with E-state index in [1.807, 2.05) is 30.1 Å². The molecule has 1 aromatic carbocycles. The number of para-hydroxylation sites is 1. The van der Waals surface area contributed by atoms with Crippen molar-refractivity contribution in [3.63, 3.8) is 0 Å². The summed E-state index contributed by atoms with van der Waals surface area (Å²) in [5, 5.41) is 1.97. The van der Waals surface area contributed by atoms with Gasteiger partial charge in [-0.25, -0.2) is 0 Å². The lowest BCUT2D eigenvalue weighted by molar-refractivity contribution is 0.516. The van der Waals surface area contributed by atoms with Gasteiger partial charge in [-0.05, 0) is 25.0 Å². The van der Waals surface area contributed by atoms with Crippen LogP contribution in [-0.2, 0) is 0 Å². The molecule has 0 unspecified atom stereocenters. The topological polar surface area (TPSA) is 38.9 Å². The Hall–Kier alpha value is -1.22. The van der Waals surface area contributed by atoms with E-state index in [1.165, 1.54) is 42.4 Å². The molecule has 0 saturated heterocycles. The summed E-state index contributed by atoms with van der Waals surface area (Å²) in [4.78, 5) is 5.73. The molecule has 1 saturated carbocycles. The number of hydrogen-bond donors (Lipinski definition) is 1. The van der Waals surface area contributed by atoms with Gasteiger partial charge in [-0.3, -0.25) is 4.98 Å². The van der Waals surface area contributed by atoms with Crippen LogP contribution in [0.1, 0.15) is 32.1 Å². The van der Waals surface area contributed by atoms with Crippen LogP contribution < -0.4 is 5.73 Å². The molecule has 1 aromatic heterocycles. The summed E-state index contributed by atoms with van der Waals surface area (Å²) >= 11 is 2.01. The normalized spacial score (nSPS) is 17.1. The Bertz CT molecular complexity index is 547. The molecule has 0 radical (unpaired) electrons. The van der Waals surface area contributed by atoms with Gasteiger partial charge in [0.2, 0.25) is 0 Å². The number of benzene rings is 1. The lowest BCUT2D eigenvalue weighted by Gasteiger charge is -2.21. The third-order valence-electron chi connectivity index (χ3n) is 3.61. The number of pyridine rings is 1. The summed E-state index contributed by atoms with van der Waals surface area (Å²) in [7, 11) is 0. The number of rotatable bonds is 2. The highest BCUT2D eigenvalue weighted by Gasteiger charge is 2.16. The Morgan fingerprint density at radius 1 is 1.11 bits per heavy atom. The Balaban J connectivity index is 1.93. The molecule has 2 aromatic rings. The molecule has 3 heteroatoms. The molecule has 18 heavy (non-hydrogen) atoms. The third kappa shape index (κ3) is 2.32. The van der Waals surface area contributed by atoms with Crippen LogP contribution in [0.2, 0.25) is 0 Å². The van der Waals surface area contributed by atoms with Crippen LogP contribution in [0.4, 0.5) is 5.69 Å². The number of nitrogen functional groups attached to an aromatic ring is 1. The van der Waals surface area contributed by atoms with Gasteiger partial charge < -0.3 is 5.73 Å². The number of fused-ring (bicyclic) bond motifs is 1. The third-order valence-corrected chi connectivity index (χ3v) is 5.02. The summed E-state index contributed by atoms with van der Waals surface area (Å²) in [6.45, 7) is 0. The average Bonchev–Trinajstić information content (AvgIpc) is 2.41. The maximum Gasteiger partial charge on any atom is 0.0942 e. The number of hydrogen-bond acceptors (Lipinski definition) is 3. The van der Waals surface area contributed by atoms with Crippen molar-refractivity contribution in [2.75, 3.05) is 5.73 Å². The van der Waals surface area contributed by atoms with Gasteiger partial charge in [0.05, 0.1) is 11.2 Å². The van der Waals surface area contributed by atoms with Crippen molar-refractivity contribution in [1.82, 2.24) is 4.98 Å². The maximum absolute atomic E-state index is 5.99. The van der Waals surface area contributed by atoms with Crippen LogP contribution in [0, 0.1) is 0 Å². The molecule has 0 amide bonds. The van der Waals surface area contributed by atoms with Gasteiger partial charge in [0.15, 0.2) is 0 Å². The van der Waals surface area contributed by atoms with Gasteiger partial charge in [-0.15, -0.1) is 11.8 Å². The summed E-state index contributed by atoms with van der Waals surface area (Å²) in [6, 6.07) is 8.19. The van der Waals surface area contributed by atoms with E-state index in [0.29, 0.717) is 0 Å². The molecule has 2 nitrogen and oxygen atoms in total. The monoisotopic (exact) mass is 258 g/mol. The molecule has 1 fully saturated rings. The largest absolute Gasteiger partial charge is 0.397 e. The second-order valence-corrected chi connectivity index (χ2v) is 6.27. The van der Waals surface area contributed by atoms with Crippen molar-refractivity contribution in [2.24, 2.45) is 0 Å². The van der Waals surface area contributed by atoms with E-state index in [2.05, 4.69) is 17.1 Å². The Morgan fingerprint density at radius 3 is 2.78 bits per heavy atom. The Morgan fingerprint density at radius 2 is 1.94 bits per heavy atom. The number of aromatic nitrogens is 1. The van der Waals surface area contributed by atoms with Crippen LogP contribution in [0.25, 0.3) is 10.9 Å². The van der Waals surface area contributed by atoms with Crippen molar-refractivity contribution in [3.05, 3.63) is 30.5 Å². The van der Waals surface area contributed by atoms with Crippen LogP contribution >= 0.6 is 11.8 Å². The standard InChI is InChI=1S/C15H18N2S/c16-13-8-4-7-12-14(9-10-17-15(12)13)18-11-5-2-1-3-6-11/h4,7-11H,1-3,5-6,16H2. The van der Waals surface area contributed by atoms with Crippen LogP contribution in [0.15, 0.2) is 35.4 Å². The fraction of sp³-hybridized carbons (Fsp3) is 0.400. The molecule has 0 spiro atoms. The molecular formula is C15H18N2S. The molecule has 1 aliphatic rings. The number of nitrogens with zero attached hydrogens (tertiary/aromatic N) is 1. The predicted octanol–water partition coefficient (Wildman–Crippen LogP) is 4.24. The Labute approximate surface area is 112 Å². The first-order chi connectivity index (χ1) is 8.84. The summed E-state index contributed by atoms with van der Waals surface area (Å²) < 4.78 is 0. The lowest BCUT2D eigenvalue weighted by Crippen LogP contribution is -2.07. The van der Waals surface area contributed by atoms with E-state index in [-0.39, 0.29) is 0 Å². The molecule has 1 aliphatic carbocycles. The average molecular weight is 258 g/mol. The molecule has 0 aliphatic heterocycles. The quantitative estimate of drug-likeness (QED) is 0.819. The first-order valence-electron chi connectivity index (χ1n) is 6.64. The first kappa shape index (κ1) is 11.8. The molecule has 0 bridgehead atoms. The van der Waals surface area contributed by atoms with E-state index < -0.39 is 0 Å². The van der Waals surface area contributed by atoms with Crippen LogP contribution in [0.5, 0.6) is 0 Å². The molecule has 1 heterocycles. The van der Waals surface area contributed by atoms with Crippen molar-refractivity contribution >= 4 is 28.4 Å². The van der Waals surface area contributed by atoms with Gasteiger partial charge in [0.25, 0.3) is 0 Å². The van der Waals surface area contributed by atoms with Crippen molar-refractivity contribution in [2.45, 2.75) is 42.2 Å². The molecule has 2 N–H and O–H groups in total. The summed E-state index contributed by atoms with van der Waals surface area (Å²) in [5.74, 6) is 0. The highest BCUT2D eigenvalue weighted by Crippen LogP contribution is 2.37. The van der Waals surface area contributed by atoms with E-state index >= 15 is 0 Å². The second kappa shape index (κ2) is 5.19. The van der Waals surface area contributed by atoms with Crippen LogP contribution in [-0.4, -0.2) is 10.2 Å². The van der Waals surface area contributed by atoms with Crippen molar-refractivity contribution in [3.8, 4) is 0 Å². The summed E-state index contributed by atoms with van der Waals surface area (Å²) in [5.41, 5.74) is 7.71. The minimum Gasteiger partial charge on any atom is -0.397 e. The zero-order valence-electron chi connectivity index (χ0n) is 10.4. The highest BCUT2D eigenvalue weighted by atomic mass is 32.2. The minimum atomic E-state index is 0.769. The van der Waals surface area contributed by atoms with E-state index in [9.17, 15) is 0 Å². The highest BCUT2D eigenvalue weighted by molar-refractivity contribution is 8.00. The predicted molar refractivity (Wildman–Crippen MR) is 78.9 cm³/mol. The summed E-state index contributed by atoms with van der Waals surface area (Å²) in [6.07, 6.45) is 8.73. The SMILES string of the molecule is Nc1cccc2c(SC3CCCCC3)ccnc12. The van der Waals surface area contributed by atoms with Crippen molar-refractivity contribution < 1.29 is 0 Å². The second-order valence-electron chi connectivity index (χ2n) is 4.93. The van der Waals surface area contributed by atoms with E-state index in [0.717, 1.165) is 16.5 Å². The molecule has 0 atom stereocenters. The zero-order chi connectivity index (χ0) is 12.4. The van der Waals surface area contributed by atoms with Crippen molar-refractivity contribution in [1.29, 1.82) is 0 Å². The van der Waals surface area contributed by atoms with Gasteiger partial charge in [-0.2, -0.15) is 0 Å². The maximum atomic E-state index is 5.99. The molecule has 94 valence electrons. The number of thioether (sulfide) groups is 1. The molecule has 3 rings (SSSR count). The van der Waals surface area contributed by atoms with E-state index in [4.69, 9.17) is 5.73 Å². The van der Waals surface area contributed by atoms with E-state index in [1.54, 1.807) is 0 Å². The fourth-order valence-electron chi connectivity index (χ4n) is 2.64. The first-order valence-corrected chi connectivity index (χ1v) is 7.52. The number of anilines is 1. The minimum absolute atomic E-state index is 0.769. The van der Waals surface area contributed by atoms with Crippen LogP contribution in [0.3, 0.4) is 0 Å². The smallest absolute Gasteiger partial charge is 0.0942 e. The lowest BCUT2D eigenvalue weighted by atomic mass is 10.0. The zero-order valence-corrected chi connectivity index (χ0v) is 11.2. The van der Waals surface area contributed by atoms with Gasteiger partial charge in [0, 0.05) is 21.7 Å². The Kier molecular flexibility index (Phi) is 3.41.